The molecule has 3 atom stereocenters. The molecule has 0 amide bonds. The molecule has 3 rings (SSSR count). The fraction of sp³-hybridized carbons (Fsp3) is 0.429. The Bertz CT molecular complexity index is 649. The van der Waals surface area contributed by atoms with Crippen molar-refractivity contribution in [2.75, 3.05) is 11.5 Å². The fourth-order valence-corrected chi connectivity index (χ4v) is 5.20. The van der Waals surface area contributed by atoms with Gasteiger partial charge in [0.1, 0.15) is 0 Å². The average Bonchev–Trinajstić information content (AvgIpc) is 2.91. The molecule has 1 aliphatic heterocycles. The maximum absolute atomic E-state index is 6.18. The van der Waals surface area contributed by atoms with Crippen LogP contribution in [0.15, 0.2) is 22.7 Å². The standard InChI is InChI=1S/C14H16ClN3OS2/c1-7-8(2)21-12(6-20-7)13-17-14(19-18-13)10-4-3-9(16)5-11(10)15/h3-5,7-8,12H,6,16H2,1-2H3. The third-order valence-electron chi connectivity index (χ3n) is 3.50. The molecule has 0 spiro atoms. The van der Waals surface area contributed by atoms with Gasteiger partial charge in [-0.2, -0.15) is 16.7 Å². The molecule has 2 heterocycles. The molecular weight excluding hydrogens is 326 g/mol. The summed E-state index contributed by atoms with van der Waals surface area (Å²) < 4.78 is 5.38. The Morgan fingerprint density at radius 1 is 1.33 bits per heavy atom. The Labute approximate surface area is 137 Å². The second kappa shape index (κ2) is 6.10. The van der Waals surface area contributed by atoms with Crippen molar-refractivity contribution in [1.29, 1.82) is 0 Å². The normalized spacial score (nSPS) is 26.0. The van der Waals surface area contributed by atoms with Crippen molar-refractivity contribution >= 4 is 40.8 Å². The summed E-state index contributed by atoms with van der Waals surface area (Å²) in [5.74, 6) is 2.20. The van der Waals surface area contributed by atoms with E-state index >= 15 is 0 Å². The lowest BCUT2D eigenvalue weighted by Crippen LogP contribution is -2.22. The summed E-state index contributed by atoms with van der Waals surface area (Å²) in [7, 11) is 0. The number of halogens is 1. The van der Waals surface area contributed by atoms with Crippen LogP contribution in [0, 0.1) is 0 Å². The molecular formula is C14H16ClN3OS2. The Balaban J connectivity index is 1.83. The first kappa shape index (κ1) is 15.1. The first-order chi connectivity index (χ1) is 10.0. The molecule has 0 saturated carbocycles. The minimum atomic E-state index is 0.270. The van der Waals surface area contributed by atoms with Gasteiger partial charge in [-0.15, -0.1) is 11.8 Å². The first-order valence-electron chi connectivity index (χ1n) is 6.70. The number of benzene rings is 1. The molecule has 112 valence electrons. The molecule has 0 bridgehead atoms. The van der Waals surface area contributed by atoms with Crippen molar-refractivity contribution in [2.45, 2.75) is 29.6 Å². The van der Waals surface area contributed by atoms with Crippen LogP contribution in [0.3, 0.4) is 0 Å². The molecule has 2 aromatic rings. The van der Waals surface area contributed by atoms with E-state index in [9.17, 15) is 0 Å². The molecule has 1 aromatic heterocycles. The van der Waals surface area contributed by atoms with Crippen LogP contribution in [0.1, 0.15) is 24.9 Å². The zero-order valence-electron chi connectivity index (χ0n) is 11.7. The van der Waals surface area contributed by atoms with Gasteiger partial charge in [0, 0.05) is 21.9 Å². The first-order valence-corrected chi connectivity index (χ1v) is 9.07. The minimum absolute atomic E-state index is 0.270. The fourth-order valence-electron chi connectivity index (χ4n) is 2.10. The lowest BCUT2D eigenvalue weighted by Gasteiger charge is -2.29. The highest BCUT2D eigenvalue weighted by Gasteiger charge is 2.30. The number of anilines is 1. The summed E-state index contributed by atoms with van der Waals surface area (Å²) in [6.07, 6.45) is 0. The maximum Gasteiger partial charge on any atom is 0.259 e. The molecule has 2 N–H and O–H groups in total. The highest BCUT2D eigenvalue weighted by Crippen LogP contribution is 2.43. The van der Waals surface area contributed by atoms with Crippen LogP contribution >= 0.6 is 35.1 Å². The smallest absolute Gasteiger partial charge is 0.259 e. The number of nitrogens with zero attached hydrogens (tertiary/aromatic N) is 2. The second-order valence-corrected chi connectivity index (χ2v) is 8.47. The van der Waals surface area contributed by atoms with Crippen LogP contribution < -0.4 is 5.73 Å². The Morgan fingerprint density at radius 2 is 2.14 bits per heavy atom. The number of aromatic nitrogens is 2. The van der Waals surface area contributed by atoms with E-state index in [4.69, 9.17) is 21.9 Å². The number of nitrogens with two attached hydrogens (primary N) is 1. The van der Waals surface area contributed by atoms with E-state index < -0.39 is 0 Å². The van der Waals surface area contributed by atoms with Crippen LogP contribution in [0.4, 0.5) is 5.69 Å². The van der Waals surface area contributed by atoms with Crippen molar-refractivity contribution in [3.8, 4) is 11.5 Å². The van der Waals surface area contributed by atoms with Crippen LogP contribution in [0.2, 0.25) is 5.02 Å². The third-order valence-corrected chi connectivity index (χ3v) is 7.20. The molecule has 4 nitrogen and oxygen atoms in total. The summed E-state index contributed by atoms with van der Waals surface area (Å²) in [5.41, 5.74) is 7.04. The number of thioether (sulfide) groups is 2. The van der Waals surface area contributed by atoms with Gasteiger partial charge in [-0.3, -0.25) is 0 Å². The number of rotatable bonds is 2. The predicted octanol–water partition coefficient (Wildman–Crippen LogP) is 4.27. The van der Waals surface area contributed by atoms with Gasteiger partial charge in [0.2, 0.25) is 0 Å². The van der Waals surface area contributed by atoms with Crippen molar-refractivity contribution in [3.63, 3.8) is 0 Å². The maximum atomic E-state index is 6.18. The van der Waals surface area contributed by atoms with E-state index in [1.165, 1.54) is 0 Å². The number of hydrogen-bond acceptors (Lipinski definition) is 6. The van der Waals surface area contributed by atoms with Gasteiger partial charge in [-0.25, -0.2) is 0 Å². The molecule has 7 heteroatoms. The summed E-state index contributed by atoms with van der Waals surface area (Å²) in [4.78, 5) is 4.52. The molecule has 1 aliphatic rings. The van der Waals surface area contributed by atoms with Crippen molar-refractivity contribution < 1.29 is 4.52 Å². The van der Waals surface area contributed by atoms with Gasteiger partial charge in [-0.1, -0.05) is 30.6 Å². The zero-order valence-corrected chi connectivity index (χ0v) is 14.1. The van der Waals surface area contributed by atoms with Gasteiger partial charge in [-0.05, 0) is 18.2 Å². The molecule has 21 heavy (non-hydrogen) atoms. The van der Waals surface area contributed by atoms with Crippen LogP contribution in [-0.2, 0) is 0 Å². The molecule has 0 aliphatic carbocycles. The average molecular weight is 342 g/mol. The van der Waals surface area contributed by atoms with E-state index in [-0.39, 0.29) is 5.25 Å². The van der Waals surface area contributed by atoms with Gasteiger partial charge < -0.3 is 10.3 Å². The zero-order chi connectivity index (χ0) is 15.0. The lowest BCUT2D eigenvalue weighted by molar-refractivity contribution is 0.423. The second-order valence-electron chi connectivity index (χ2n) is 5.07. The largest absolute Gasteiger partial charge is 0.399 e. The van der Waals surface area contributed by atoms with Crippen LogP contribution in [-0.4, -0.2) is 26.4 Å². The van der Waals surface area contributed by atoms with E-state index in [1.807, 2.05) is 29.6 Å². The van der Waals surface area contributed by atoms with Crippen molar-refractivity contribution in [3.05, 3.63) is 29.0 Å². The Hall–Kier alpha value is -0.850. The molecule has 1 aromatic carbocycles. The summed E-state index contributed by atoms with van der Waals surface area (Å²) >= 11 is 10.0. The number of nitrogen functional groups attached to an aromatic ring is 1. The van der Waals surface area contributed by atoms with E-state index in [0.717, 1.165) is 17.1 Å². The van der Waals surface area contributed by atoms with Gasteiger partial charge >= 0.3 is 0 Å². The predicted molar refractivity (Wildman–Crippen MR) is 90.9 cm³/mol. The summed E-state index contributed by atoms with van der Waals surface area (Å²) in [6.45, 7) is 4.50. The van der Waals surface area contributed by atoms with Crippen molar-refractivity contribution in [1.82, 2.24) is 10.1 Å². The van der Waals surface area contributed by atoms with Gasteiger partial charge in [0.25, 0.3) is 5.89 Å². The summed E-state index contributed by atoms with van der Waals surface area (Å²) in [6, 6.07) is 5.28. The quantitative estimate of drug-likeness (QED) is 0.823. The Kier molecular flexibility index (Phi) is 4.38. The highest BCUT2D eigenvalue weighted by atomic mass is 35.5. The third kappa shape index (κ3) is 3.17. The minimum Gasteiger partial charge on any atom is -0.399 e. The molecule has 1 fully saturated rings. The van der Waals surface area contributed by atoms with E-state index in [0.29, 0.717) is 27.1 Å². The highest BCUT2D eigenvalue weighted by molar-refractivity contribution is 8.07. The lowest BCUT2D eigenvalue weighted by atomic mass is 10.2. The SMILES string of the molecule is CC1SCC(c2noc(-c3ccc(N)cc3Cl)n2)SC1C. The van der Waals surface area contributed by atoms with Crippen LogP contribution in [0.25, 0.3) is 11.5 Å². The monoisotopic (exact) mass is 341 g/mol. The Morgan fingerprint density at radius 3 is 2.86 bits per heavy atom. The van der Waals surface area contributed by atoms with Crippen molar-refractivity contribution in [2.24, 2.45) is 0 Å². The van der Waals surface area contributed by atoms with E-state index in [2.05, 4.69) is 24.0 Å². The summed E-state index contributed by atoms with van der Waals surface area (Å²) in [5, 5.41) is 6.16. The van der Waals surface area contributed by atoms with Crippen LogP contribution in [0.5, 0.6) is 0 Å². The molecule has 1 saturated heterocycles. The van der Waals surface area contributed by atoms with Gasteiger partial charge in [0.15, 0.2) is 5.82 Å². The number of hydrogen-bond donors (Lipinski definition) is 1. The molecule has 0 radical (unpaired) electrons. The topological polar surface area (TPSA) is 64.9 Å². The van der Waals surface area contributed by atoms with E-state index in [1.54, 1.807) is 12.1 Å². The van der Waals surface area contributed by atoms with Gasteiger partial charge in [0.05, 0.1) is 15.8 Å². The molecule has 3 unspecified atom stereocenters.